The number of amides is 1. The van der Waals surface area contributed by atoms with E-state index in [0.717, 1.165) is 24.7 Å². The largest absolute Gasteiger partial charge is 0.326 e. The van der Waals surface area contributed by atoms with Crippen molar-refractivity contribution in [2.75, 3.05) is 6.54 Å². The van der Waals surface area contributed by atoms with Crippen molar-refractivity contribution >= 4 is 5.91 Å². The van der Waals surface area contributed by atoms with E-state index in [1.807, 2.05) is 4.90 Å². The first-order chi connectivity index (χ1) is 9.26. The van der Waals surface area contributed by atoms with Crippen LogP contribution in [-0.4, -0.2) is 23.4 Å². The van der Waals surface area contributed by atoms with Crippen LogP contribution in [-0.2, 0) is 4.79 Å². The average molecular weight is 258 g/mol. The lowest BCUT2D eigenvalue weighted by atomic mass is 9.51. The van der Waals surface area contributed by atoms with Crippen LogP contribution in [0, 0.1) is 40.9 Å². The maximum absolute atomic E-state index is 12.9. The van der Waals surface area contributed by atoms with Crippen molar-refractivity contribution in [3.8, 4) is 6.07 Å². The molecule has 0 spiro atoms. The normalized spacial score (nSPS) is 43.0. The van der Waals surface area contributed by atoms with E-state index < -0.39 is 0 Å². The fourth-order valence-corrected chi connectivity index (χ4v) is 5.37. The Balaban J connectivity index is 1.55. The van der Waals surface area contributed by atoms with Crippen LogP contribution in [0.3, 0.4) is 0 Å². The first-order valence-electron chi connectivity index (χ1n) is 7.93. The summed E-state index contributed by atoms with van der Waals surface area (Å²) in [6, 6.07) is 2.59. The molecule has 0 aromatic heterocycles. The van der Waals surface area contributed by atoms with Crippen LogP contribution in [0.15, 0.2) is 0 Å². The van der Waals surface area contributed by atoms with Crippen LogP contribution in [0.1, 0.15) is 44.9 Å². The smallest absolute Gasteiger partial charge is 0.227 e. The van der Waals surface area contributed by atoms with E-state index in [0.29, 0.717) is 30.3 Å². The standard InChI is InChI=1S/C16H22N2O/c17-3-4-18(14-1-2-14)16(19)15-12-6-10-5-11(8-12)9-13(15)7-10/h10-15H,1-2,4-9H2. The number of carbonyl (C=O) groups is 1. The van der Waals surface area contributed by atoms with Crippen molar-refractivity contribution < 1.29 is 4.79 Å². The molecule has 3 nitrogen and oxygen atoms in total. The molecule has 5 rings (SSSR count). The maximum Gasteiger partial charge on any atom is 0.227 e. The summed E-state index contributed by atoms with van der Waals surface area (Å²) >= 11 is 0. The van der Waals surface area contributed by atoms with E-state index in [9.17, 15) is 4.79 Å². The lowest BCUT2D eigenvalue weighted by molar-refractivity contribution is -0.149. The molecule has 3 heteroatoms. The molecule has 4 bridgehead atoms. The SMILES string of the molecule is N#CCN(C(=O)C1C2CC3CC(C2)CC1C3)C1CC1. The van der Waals surface area contributed by atoms with Gasteiger partial charge in [0.25, 0.3) is 0 Å². The van der Waals surface area contributed by atoms with Crippen LogP contribution >= 0.6 is 0 Å². The predicted octanol–water partition coefficient (Wildman–Crippen LogP) is 2.57. The number of nitriles is 1. The average Bonchev–Trinajstić information content (AvgIpc) is 3.18. The van der Waals surface area contributed by atoms with Gasteiger partial charge in [-0.15, -0.1) is 0 Å². The topological polar surface area (TPSA) is 44.1 Å². The molecule has 0 saturated heterocycles. The maximum atomic E-state index is 12.9. The van der Waals surface area contributed by atoms with Crippen molar-refractivity contribution in [3.63, 3.8) is 0 Å². The van der Waals surface area contributed by atoms with Gasteiger partial charge in [-0.3, -0.25) is 4.79 Å². The molecule has 0 heterocycles. The molecule has 5 aliphatic carbocycles. The first-order valence-corrected chi connectivity index (χ1v) is 7.93. The minimum atomic E-state index is 0.266. The molecule has 5 saturated carbocycles. The third-order valence-electron chi connectivity index (χ3n) is 6.02. The molecular formula is C16H22N2O. The van der Waals surface area contributed by atoms with E-state index in [2.05, 4.69) is 6.07 Å². The van der Waals surface area contributed by atoms with Gasteiger partial charge >= 0.3 is 0 Å². The highest BCUT2D eigenvalue weighted by atomic mass is 16.2. The van der Waals surface area contributed by atoms with Crippen molar-refractivity contribution in [1.82, 2.24) is 4.90 Å². The summed E-state index contributed by atoms with van der Waals surface area (Å²) in [5, 5.41) is 8.97. The van der Waals surface area contributed by atoms with Gasteiger partial charge in [-0.05, 0) is 68.6 Å². The van der Waals surface area contributed by atoms with Gasteiger partial charge in [-0.2, -0.15) is 5.26 Å². The minimum Gasteiger partial charge on any atom is -0.326 e. The monoisotopic (exact) mass is 258 g/mol. The molecule has 0 aromatic rings. The lowest BCUT2D eigenvalue weighted by Gasteiger charge is -2.54. The summed E-state index contributed by atoms with van der Waals surface area (Å²) in [5.74, 6) is 3.71. The lowest BCUT2D eigenvalue weighted by Crippen LogP contribution is -2.52. The van der Waals surface area contributed by atoms with Crippen molar-refractivity contribution in [2.45, 2.75) is 51.0 Å². The first kappa shape index (κ1) is 11.8. The number of hydrogen-bond donors (Lipinski definition) is 0. The second kappa shape index (κ2) is 4.23. The van der Waals surface area contributed by atoms with Crippen LogP contribution in [0.5, 0.6) is 0 Å². The highest BCUT2D eigenvalue weighted by Gasteiger charge is 2.52. The van der Waals surface area contributed by atoms with Gasteiger partial charge in [0.05, 0.1) is 6.07 Å². The Morgan fingerprint density at radius 2 is 1.63 bits per heavy atom. The predicted molar refractivity (Wildman–Crippen MR) is 70.9 cm³/mol. The van der Waals surface area contributed by atoms with Gasteiger partial charge < -0.3 is 4.90 Å². The Hall–Kier alpha value is -1.04. The van der Waals surface area contributed by atoms with E-state index in [1.165, 1.54) is 32.1 Å². The van der Waals surface area contributed by atoms with Gasteiger partial charge in [0, 0.05) is 12.0 Å². The van der Waals surface area contributed by atoms with Crippen LogP contribution in [0.25, 0.3) is 0 Å². The molecule has 0 aromatic carbocycles. The van der Waals surface area contributed by atoms with E-state index in [4.69, 9.17) is 5.26 Å². The van der Waals surface area contributed by atoms with Gasteiger partial charge in [-0.25, -0.2) is 0 Å². The molecule has 0 unspecified atom stereocenters. The fraction of sp³-hybridized carbons (Fsp3) is 0.875. The quantitative estimate of drug-likeness (QED) is 0.730. The molecule has 102 valence electrons. The molecule has 5 fully saturated rings. The van der Waals surface area contributed by atoms with Gasteiger partial charge in [0.2, 0.25) is 5.91 Å². The summed E-state index contributed by atoms with van der Waals surface area (Å²) in [6.45, 7) is 0.312. The van der Waals surface area contributed by atoms with Crippen molar-refractivity contribution in [3.05, 3.63) is 0 Å². The third-order valence-corrected chi connectivity index (χ3v) is 6.02. The van der Waals surface area contributed by atoms with Gasteiger partial charge in [0.1, 0.15) is 6.54 Å². The molecule has 0 radical (unpaired) electrons. The summed E-state index contributed by atoms with van der Waals surface area (Å²) in [6.07, 6.45) is 8.80. The van der Waals surface area contributed by atoms with Crippen molar-refractivity contribution in [2.24, 2.45) is 29.6 Å². The summed E-state index contributed by atoms with van der Waals surface area (Å²) in [4.78, 5) is 14.8. The van der Waals surface area contributed by atoms with Gasteiger partial charge in [0.15, 0.2) is 0 Å². The zero-order valence-corrected chi connectivity index (χ0v) is 11.4. The van der Waals surface area contributed by atoms with Crippen LogP contribution in [0.2, 0.25) is 0 Å². The number of rotatable bonds is 3. The van der Waals surface area contributed by atoms with E-state index >= 15 is 0 Å². The summed E-state index contributed by atoms with van der Waals surface area (Å²) < 4.78 is 0. The minimum absolute atomic E-state index is 0.266. The Bertz CT molecular complexity index is 407. The zero-order chi connectivity index (χ0) is 13.0. The van der Waals surface area contributed by atoms with Crippen molar-refractivity contribution in [1.29, 1.82) is 5.26 Å². The molecule has 0 N–H and O–H groups in total. The fourth-order valence-electron chi connectivity index (χ4n) is 5.37. The Labute approximate surface area is 115 Å². The molecular weight excluding hydrogens is 236 g/mol. The third kappa shape index (κ3) is 1.88. The Morgan fingerprint density at radius 1 is 1.05 bits per heavy atom. The number of carbonyl (C=O) groups excluding carboxylic acids is 1. The summed E-state index contributed by atoms with van der Waals surface area (Å²) in [5.41, 5.74) is 0. The van der Waals surface area contributed by atoms with Crippen LogP contribution < -0.4 is 0 Å². The van der Waals surface area contributed by atoms with E-state index in [-0.39, 0.29) is 5.92 Å². The van der Waals surface area contributed by atoms with E-state index in [1.54, 1.807) is 0 Å². The molecule has 19 heavy (non-hydrogen) atoms. The second-order valence-corrected chi connectivity index (χ2v) is 7.31. The second-order valence-electron chi connectivity index (χ2n) is 7.31. The molecule has 0 aliphatic heterocycles. The molecule has 1 amide bonds. The summed E-state index contributed by atoms with van der Waals surface area (Å²) in [7, 11) is 0. The highest BCUT2D eigenvalue weighted by Crippen LogP contribution is 2.57. The zero-order valence-electron chi connectivity index (χ0n) is 11.4. The number of nitrogens with zero attached hydrogens (tertiary/aromatic N) is 2. The van der Waals surface area contributed by atoms with Gasteiger partial charge in [-0.1, -0.05) is 0 Å². The van der Waals surface area contributed by atoms with Crippen LogP contribution in [0.4, 0.5) is 0 Å². The number of hydrogen-bond acceptors (Lipinski definition) is 2. The Morgan fingerprint density at radius 3 is 2.11 bits per heavy atom. The molecule has 5 aliphatic rings. The molecule has 0 atom stereocenters. The Kier molecular flexibility index (Phi) is 2.62. The highest BCUT2D eigenvalue weighted by molar-refractivity contribution is 5.80.